The lowest BCUT2D eigenvalue weighted by molar-refractivity contribution is 0.140. The van der Waals surface area contributed by atoms with Crippen LogP contribution in [0.5, 0.6) is 0 Å². The van der Waals surface area contributed by atoms with Crippen molar-refractivity contribution in [3.05, 3.63) is 35.9 Å². The van der Waals surface area contributed by atoms with E-state index in [1.54, 1.807) is 0 Å². The van der Waals surface area contributed by atoms with Gasteiger partial charge in [0.25, 0.3) is 0 Å². The lowest BCUT2D eigenvalue weighted by Crippen LogP contribution is -2.05. The fourth-order valence-corrected chi connectivity index (χ4v) is 2.93. The fraction of sp³-hybridized carbons (Fsp3) is 0.455. The molecule has 0 saturated heterocycles. The fourth-order valence-electron chi connectivity index (χ4n) is 1.30. The number of hydrogen-bond acceptors (Lipinski definition) is 5. The Morgan fingerprint density at radius 3 is 2.00 bits per heavy atom. The van der Waals surface area contributed by atoms with Crippen LogP contribution in [0.15, 0.2) is 30.3 Å². The molecule has 1 rings (SSSR count). The van der Waals surface area contributed by atoms with E-state index >= 15 is 0 Å². The van der Waals surface area contributed by atoms with E-state index in [1.165, 1.54) is 0 Å². The van der Waals surface area contributed by atoms with Crippen molar-refractivity contribution in [2.24, 2.45) is 0 Å². The third kappa shape index (κ3) is 5.44. The summed E-state index contributed by atoms with van der Waals surface area (Å²) in [6.45, 7) is -0.534. The molecule has 17 heavy (non-hydrogen) atoms. The van der Waals surface area contributed by atoms with Crippen molar-refractivity contribution in [2.45, 2.75) is 6.16 Å². The van der Waals surface area contributed by atoms with Crippen LogP contribution in [0.3, 0.4) is 0 Å². The molecule has 5 nitrogen and oxygen atoms in total. The topological polar surface area (TPSA) is 76.0 Å². The lowest BCUT2D eigenvalue weighted by Gasteiger charge is -2.17. The van der Waals surface area contributed by atoms with Gasteiger partial charge < -0.3 is 19.3 Å². The van der Waals surface area contributed by atoms with Gasteiger partial charge in [-0.1, -0.05) is 30.3 Å². The summed E-state index contributed by atoms with van der Waals surface area (Å²) in [6, 6.07) is 9.15. The van der Waals surface area contributed by atoms with E-state index in [4.69, 9.17) is 19.3 Å². The van der Waals surface area contributed by atoms with Gasteiger partial charge in [0.05, 0.1) is 32.6 Å². The van der Waals surface area contributed by atoms with Gasteiger partial charge in [-0.05, 0) is 5.56 Å². The predicted molar refractivity (Wildman–Crippen MR) is 63.8 cm³/mol. The molecular weight excluding hydrogens is 243 g/mol. The van der Waals surface area contributed by atoms with Crippen LogP contribution in [0.2, 0.25) is 0 Å². The summed E-state index contributed by atoms with van der Waals surface area (Å²) in [6.07, 6.45) is 0.133. The molecule has 0 radical (unpaired) electrons. The Labute approximate surface area is 101 Å². The third-order valence-corrected chi connectivity index (χ3v) is 3.88. The van der Waals surface area contributed by atoms with Crippen LogP contribution in [-0.4, -0.2) is 36.6 Å². The standard InChI is InChI=1S/C11H17O5P/c12-6-8-15-17(14,16-9-7-13)10-11-4-2-1-3-5-11/h1-5,12-13H,6-10H2. The average Bonchev–Trinajstić information content (AvgIpc) is 2.35. The van der Waals surface area contributed by atoms with E-state index in [0.717, 1.165) is 5.56 Å². The van der Waals surface area contributed by atoms with Crippen molar-refractivity contribution in [2.75, 3.05) is 26.4 Å². The zero-order valence-corrected chi connectivity index (χ0v) is 10.4. The largest absolute Gasteiger partial charge is 0.394 e. The van der Waals surface area contributed by atoms with E-state index in [0.29, 0.717) is 0 Å². The molecule has 2 N–H and O–H groups in total. The summed E-state index contributed by atoms with van der Waals surface area (Å²) in [5, 5.41) is 17.3. The quantitative estimate of drug-likeness (QED) is 0.691. The molecule has 0 fully saturated rings. The Morgan fingerprint density at radius 2 is 1.53 bits per heavy atom. The highest BCUT2D eigenvalue weighted by atomic mass is 31.2. The van der Waals surface area contributed by atoms with Crippen molar-refractivity contribution in [3.8, 4) is 0 Å². The first kappa shape index (κ1) is 14.4. The summed E-state index contributed by atoms with van der Waals surface area (Å²) < 4.78 is 22.3. The molecule has 0 aromatic heterocycles. The van der Waals surface area contributed by atoms with Gasteiger partial charge in [0.2, 0.25) is 0 Å². The molecule has 1 aromatic carbocycles. The van der Waals surface area contributed by atoms with Crippen LogP contribution in [0.4, 0.5) is 0 Å². The predicted octanol–water partition coefficient (Wildman–Crippen LogP) is 1.40. The van der Waals surface area contributed by atoms with E-state index in [2.05, 4.69) is 0 Å². The van der Waals surface area contributed by atoms with Crippen LogP contribution in [0, 0.1) is 0 Å². The molecule has 0 aliphatic rings. The Morgan fingerprint density at radius 1 is 1.00 bits per heavy atom. The van der Waals surface area contributed by atoms with Crippen molar-refractivity contribution in [1.29, 1.82) is 0 Å². The second-order valence-electron chi connectivity index (χ2n) is 3.37. The van der Waals surface area contributed by atoms with Crippen LogP contribution in [-0.2, 0) is 19.8 Å². The average molecular weight is 260 g/mol. The maximum absolute atomic E-state index is 12.2. The molecule has 0 saturated carbocycles. The van der Waals surface area contributed by atoms with E-state index in [-0.39, 0.29) is 32.6 Å². The second kappa shape index (κ2) is 7.58. The highest BCUT2D eigenvalue weighted by molar-refractivity contribution is 7.53. The van der Waals surface area contributed by atoms with E-state index < -0.39 is 7.60 Å². The molecule has 0 aliphatic carbocycles. The van der Waals surface area contributed by atoms with Gasteiger partial charge >= 0.3 is 7.60 Å². The normalized spacial score (nSPS) is 11.6. The molecule has 96 valence electrons. The molecule has 0 spiro atoms. The molecule has 0 heterocycles. The minimum Gasteiger partial charge on any atom is -0.394 e. The van der Waals surface area contributed by atoms with Crippen LogP contribution in [0.25, 0.3) is 0 Å². The number of rotatable bonds is 8. The molecule has 0 atom stereocenters. The van der Waals surface area contributed by atoms with Gasteiger partial charge in [-0.15, -0.1) is 0 Å². The van der Waals surface area contributed by atoms with E-state index in [9.17, 15) is 4.57 Å². The molecule has 0 bridgehead atoms. The molecule has 0 aliphatic heterocycles. The minimum atomic E-state index is -3.29. The Kier molecular flexibility index (Phi) is 6.40. The van der Waals surface area contributed by atoms with Crippen molar-refractivity contribution >= 4 is 7.60 Å². The number of hydrogen-bond donors (Lipinski definition) is 2. The summed E-state index contributed by atoms with van der Waals surface area (Å²) in [5.41, 5.74) is 0.826. The Bertz CT molecular complexity index is 342. The highest BCUT2D eigenvalue weighted by Crippen LogP contribution is 2.51. The Hall–Kier alpha value is -0.710. The zero-order chi connectivity index (χ0) is 12.6. The van der Waals surface area contributed by atoms with Crippen molar-refractivity contribution < 1.29 is 23.8 Å². The van der Waals surface area contributed by atoms with Crippen LogP contribution < -0.4 is 0 Å². The van der Waals surface area contributed by atoms with Gasteiger partial charge in [-0.25, -0.2) is 0 Å². The maximum Gasteiger partial charge on any atom is 0.335 e. The summed E-state index contributed by atoms with van der Waals surface area (Å²) in [7, 11) is -3.29. The monoisotopic (exact) mass is 260 g/mol. The first-order valence-electron chi connectivity index (χ1n) is 5.34. The van der Waals surface area contributed by atoms with Gasteiger partial charge in [0.15, 0.2) is 0 Å². The second-order valence-corrected chi connectivity index (χ2v) is 5.42. The zero-order valence-electron chi connectivity index (χ0n) is 9.49. The summed E-state index contributed by atoms with van der Waals surface area (Å²) >= 11 is 0. The van der Waals surface area contributed by atoms with Crippen LogP contribution in [0.1, 0.15) is 5.56 Å². The number of aliphatic hydroxyl groups excluding tert-OH is 2. The van der Waals surface area contributed by atoms with Gasteiger partial charge in [-0.3, -0.25) is 4.57 Å². The smallest absolute Gasteiger partial charge is 0.335 e. The van der Waals surface area contributed by atoms with Crippen molar-refractivity contribution in [3.63, 3.8) is 0 Å². The first-order chi connectivity index (χ1) is 8.20. The molecule has 0 unspecified atom stereocenters. The molecule has 1 aromatic rings. The third-order valence-electron chi connectivity index (χ3n) is 1.98. The highest BCUT2D eigenvalue weighted by Gasteiger charge is 2.24. The SMILES string of the molecule is O=P(Cc1ccccc1)(OCCO)OCCO. The molecular formula is C11H17O5P. The van der Waals surface area contributed by atoms with Gasteiger partial charge in [0.1, 0.15) is 0 Å². The maximum atomic E-state index is 12.2. The number of benzene rings is 1. The van der Waals surface area contributed by atoms with Gasteiger partial charge in [-0.2, -0.15) is 0 Å². The molecule has 6 heteroatoms. The minimum absolute atomic E-state index is 0.0461. The Balaban J connectivity index is 2.65. The van der Waals surface area contributed by atoms with Crippen LogP contribution >= 0.6 is 7.60 Å². The van der Waals surface area contributed by atoms with Gasteiger partial charge in [0, 0.05) is 0 Å². The first-order valence-corrected chi connectivity index (χ1v) is 7.07. The lowest BCUT2D eigenvalue weighted by atomic mass is 10.2. The summed E-state index contributed by atoms with van der Waals surface area (Å²) in [5.74, 6) is 0. The van der Waals surface area contributed by atoms with Crippen molar-refractivity contribution in [1.82, 2.24) is 0 Å². The van der Waals surface area contributed by atoms with E-state index in [1.807, 2.05) is 30.3 Å². The molecule has 0 amide bonds. The number of aliphatic hydroxyl groups is 2. The summed E-state index contributed by atoms with van der Waals surface area (Å²) in [4.78, 5) is 0.